The number of hydrogen-bond donors (Lipinski definition) is 1. The molecule has 1 rings (SSSR count). The highest BCUT2D eigenvalue weighted by Gasteiger charge is 2.22. The molecule has 0 spiro atoms. The molecule has 1 N–H and O–H groups in total. The average molecular weight is 242 g/mol. The predicted molar refractivity (Wildman–Crippen MR) is 73.3 cm³/mol. The van der Waals surface area contributed by atoms with Crippen molar-refractivity contribution in [3.05, 3.63) is 0 Å². The van der Waals surface area contributed by atoms with E-state index in [2.05, 4.69) is 37.9 Å². The third-order valence-electron chi connectivity index (χ3n) is 3.40. The summed E-state index contributed by atoms with van der Waals surface area (Å²) < 4.78 is 5.54. The number of nitrogens with zero attached hydrogens (tertiary/aromatic N) is 1. The molecule has 3 heteroatoms. The molecule has 1 heterocycles. The Bertz CT molecular complexity index is 187. The zero-order valence-electron chi connectivity index (χ0n) is 12.0. The normalized spacial score (nSPS) is 20.8. The van der Waals surface area contributed by atoms with Crippen LogP contribution in [-0.4, -0.2) is 50.3 Å². The zero-order valence-corrected chi connectivity index (χ0v) is 12.0. The summed E-state index contributed by atoms with van der Waals surface area (Å²) in [4.78, 5) is 2.60. The molecule has 0 aromatic carbocycles. The van der Waals surface area contributed by atoms with Gasteiger partial charge < -0.3 is 10.1 Å². The van der Waals surface area contributed by atoms with Crippen LogP contribution in [0.1, 0.15) is 34.1 Å². The summed E-state index contributed by atoms with van der Waals surface area (Å²) in [6.07, 6.45) is 1.17. The van der Waals surface area contributed by atoms with E-state index in [-0.39, 0.29) is 0 Å². The topological polar surface area (TPSA) is 24.5 Å². The van der Waals surface area contributed by atoms with Gasteiger partial charge in [-0.1, -0.05) is 27.7 Å². The Morgan fingerprint density at radius 3 is 2.47 bits per heavy atom. The van der Waals surface area contributed by atoms with Gasteiger partial charge in [0.2, 0.25) is 0 Å². The first-order valence-electron chi connectivity index (χ1n) is 7.13. The maximum atomic E-state index is 5.54. The average Bonchev–Trinajstić information content (AvgIpc) is 2.52. The second-order valence-electron chi connectivity index (χ2n) is 5.87. The Labute approximate surface area is 107 Å². The van der Waals surface area contributed by atoms with Crippen molar-refractivity contribution in [2.75, 3.05) is 39.4 Å². The van der Waals surface area contributed by atoms with Crippen molar-refractivity contribution in [1.29, 1.82) is 0 Å². The fourth-order valence-electron chi connectivity index (χ4n) is 2.40. The van der Waals surface area contributed by atoms with Gasteiger partial charge in [-0.05, 0) is 24.8 Å². The van der Waals surface area contributed by atoms with Crippen LogP contribution in [0.4, 0.5) is 0 Å². The van der Waals surface area contributed by atoms with E-state index in [9.17, 15) is 0 Å². The van der Waals surface area contributed by atoms with E-state index in [1.807, 2.05) is 0 Å². The molecule has 1 aliphatic rings. The van der Waals surface area contributed by atoms with Gasteiger partial charge in [0.25, 0.3) is 0 Å². The fraction of sp³-hybridized carbons (Fsp3) is 1.00. The summed E-state index contributed by atoms with van der Waals surface area (Å²) in [6.45, 7) is 15.5. The van der Waals surface area contributed by atoms with Crippen molar-refractivity contribution in [1.82, 2.24) is 10.2 Å². The number of hydrogen-bond acceptors (Lipinski definition) is 3. The van der Waals surface area contributed by atoms with Gasteiger partial charge in [-0.2, -0.15) is 0 Å². The molecule has 0 aromatic heterocycles. The van der Waals surface area contributed by atoms with Crippen molar-refractivity contribution < 1.29 is 4.74 Å². The van der Waals surface area contributed by atoms with E-state index in [4.69, 9.17) is 4.74 Å². The van der Waals surface area contributed by atoms with Crippen LogP contribution in [0.3, 0.4) is 0 Å². The molecular formula is C14H30N2O. The molecule has 0 aromatic rings. The van der Waals surface area contributed by atoms with Crippen molar-refractivity contribution in [3.8, 4) is 0 Å². The summed E-state index contributed by atoms with van der Waals surface area (Å²) in [5.41, 5.74) is 0. The molecule has 1 atom stereocenters. The molecule has 17 heavy (non-hydrogen) atoms. The zero-order chi connectivity index (χ0) is 12.7. The molecule has 3 nitrogen and oxygen atoms in total. The summed E-state index contributed by atoms with van der Waals surface area (Å²) in [5.74, 6) is 1.43. The maximum absolute atomic E-state index is 5.54. The van der Waals surface area contributed by atoms with Crippen LogP contribution in [0.25, 0.3) is 0 Å². The number of nitrogens with one attached hydrogen (secondary N) is 1. The molecular weight excluding hydrogens is 212 g/mol. The van der Waals surface area contributed by atoms with Crippen molar-refractivity contribution in [3.63, 3.8) is 0 Å². The van der Waals surface area contributed by atoms with Gasteiger partial charge in [0.05, 0.1) is 6.61 Å². The van der Waals surface area contributed by atoms with Crippen LogP contribution in [0.15, 0.2) is 0 Å². The van der Waals surface area contributed by atoms with Crippen LogP contribution in [0, 0.1) is 11.8 Å². The predicted octanol–water partition coefficient (Wildman–Crippen LogP) is 1.98. The molecule has 1 unspecified atom stereocenters. The third kappa shape index (κ3) is 5.84. The molecule has 102 valence electrons. The number of ether oxygens (including phenoxy) is 1. The molecule has 0 saturated carbocycles. The molecule has 1 saturated heterocycles. The lowest BCUT2D eigenvalue weighted by atomic mass is 10.0. The highest BCUT2D eigenvalue weighted by molar-refractivity contribution is 4.78. The standard InChI is InChI=1S/C14H30N2O/c1-12(2)10-15-11-14(13(3)4)16-6-5-8-17-9-7-16/h12-15H,5-11H2,1-4H3. The summed E-state index contributed by atoms with van der Waals surface area (Å²) in [5, 5.41) is 3.60. The summed E-state index contributed by atoms with van der Waals surface area (Å²) >= 11 is 0. The van der Waals surface area contributed by atoms with Crippen molar-refractivity contribution >= 4 is 0 Å². The van der Waals surface area contributed by atoms with Gasteiger partial charge in [0.15, 0.2) is 0 Å². The van der Waals surface area contributed by atoms with Gasteiger partial charge >= 0.3 is 0 Å². The minimum Gasteiger partial charge on any atom is -0.380 e. The molecule has 1 fully saturated rings. The second kappa shape index (κ2) is 8.06. The van der Waals surface area contributed by atoms with Gasteiger partial charge in [0, 0.05) is 32.3 Å². The summed E-state index contributed by atoms with van der Waals surface area (Å²) in [7, 11) is 0. The molecule has 0 radical (unpaired) electrons. The van der Waals surface area contributed by atoms with Crippen LogP contribution in [-0.2, 0) is 4.74 Å². The number of rotatable bonds is 6. The lowest BCUT2D eigenvalue weighted by Gasteiger charge is -2.33. The Hall–Kier alpha value is -0.120. The van der Waals surface area contributed by atoms with Crippen LogP contribution < -0.4 is 5.32 Å². The van der Waals surface area contributed by atoms with Gasteiger partial charge in [-0.15, -0.1) is 0 Å². The highest BCUT2D eigenvalue weighted by atomic mass is 16.5. The Kier molecular flexibility index (Phi) is 7.09. The van der Waals surface area contributed by atoms with E-state index < -0.39 is 0 Å². The van der Waals surface area contributed by atoms with E-state index in [1.54, 1.807) is 0 Å². The minimum absolute atomic E-state index is 0.649. The van der Waals surface area contributed by atoms with Gasteiger partial charge in [0.1, 0.15) is 0 Å². The smallest absolute Gasteiger partial charge is 0.0593 e. The fourth-order valence-corrected chi connectivity index (χ4v) is 2.40. The SMILES string of the molecule is CC(C)CNCC(C(C)C)N1CCCOCC1. The minimum atomic E-state index is 0.649. The van der Waals surface area contributed by atoms with Crippen molar-refractivity contribution in [2.24, 2.45) is 11.8 Å². The Morgan fingerprint density at radius 1 is 1.06 bits per heavy atom. The molecule has 1 aliphatic heterocycles. The maximum Gasteiger partial charge on any atom is 0.0593 e. The summed E-state index contributed by atoms with van der Waals surface area (Å²) in [6, 6.07) is 0.649. The van der Waals surface area contributed by atoms with Crippen LogP contribution in [0.5, 0.6) is 0 Å². The largest absolute Gasteiger partial charge is 0.380 e. The van der Waals surface area contributed by atoms with E-state index >= 15 is 0 Å². The van der Waals surface area contributed by atoms with Crippen LogP contribution in [0.2, 0.25) is 0 Å². The monoisotopic (exact) mass is 242 g/mol. The first-order chi connectivity index (χ1) is 8.11. The molecule has 0 amide bonds. The third-order valence-corrected chi connectivity index (χ3v) is 3.40. The van der Waals surface area contributed by atoms with Crippen molar-refractivity contribution in [2.45, 2.75) is 40.2 Å². The highest BCUT2D eigenvalue weighted by Crippen LogP contribution is 2.12. The lowest BCUT2D eigenvalue weighted by Crippen LogP contribution is -2.47. The second-order valence-corrected chi connectivity index (χ2v) is 5.87. The van der Waals surface area contributed by atoms with E-state index in [0.717, 1.165) is 38.8 Å². The first-order valence-corrected chi connectivity index (χ1v) is 7.13. The van der Waals surface area contributed by atoms with E-state index in [1.165, 1.54) is 13.0 Å². The quantitative estimate of drug-likeness (QED) is 0.771. The van der Waals surface area contributed by atoms with Gasteiger partial charge in [-0.25, -0.2) is 0 Å². The lowest BCUT2D eigenvalue weighted by molar-refractivity contribution is 0.118. The molecule has 0 aliphatic carbocycles. The Morgan fingerprint density at radius 2 is 1.82 bits per heavy atom. The first kappa shape index (κ1) is 14.9. The van der Waals surface area contributed by atoms with Gasteiger partial charge in [-0.3, -0.25) is 4.90 Å². The Balaban J connectivity index is 2.40. The van der Waals surface area contributed by atoms with Crippen LogP contribution >= 0.6 is 0 Å². The van der Waals surface area contributed by atoms with E-state index in [0.29, 0.717) is 12.0 Å². The molecule has 0 bridgehead atoms.